The predicted molar refractivity (Wildman–Crippen MR) is 85.4 cm³/mol. The maximum atomic E-state index is 11.3. The molecule has 21 heavy (non-hydrogen) atoms. The molecule has 0 amide bonds. The summed E-state index contributed by atoms with van der Waals surface area (Å²) in [5.41, 5.74) is 1.10. The van der Waals surface area contributed by atoms with E-state index in [-0.39, 0.29) is 10.9 Å². The molecule has 1 saturated carbocycles. The van der Waals surface area contributed by atoms with Crippen LogP contribution in [-0.2, 0) is 10.0 Å². The lowest BCUT2D eigenvalue weighted by atomic mass is 10.0. The third kappa shape index (κ3) is 4.80. The Morgan fingerprint density at radius 3 is 2.43 bits per heavy atom. The van der Waals surface area contributed by atoms with Gasteiger partial charge in [-0.15, -0.1) is 0 Å². The van der Waals surface area contributed by atoms with Gasteiger partial charge in [-0.05, 0) is 49.8 Å². The lowest BCUT2D eigenvalue weighted by Gasteiger charge is -2.22. The van der Waals surface area contributed by atoms with Crippen molar-refractivity contribution in [2.45, 2.75) is 62.9 Å². The second kappa shape index (κ2) is 6.90. The molecule has 5 heteroatoms. The second-order valence-electron chi connectivity index (χ2n) is 6.31. The van der Waals surface area contributed by atoms with Crippen LogP contribution in [0.5, 0.6) is 0 Å². The second-order valence-corrected chi connectivity index (χ2v) is 7.87. The molecule has 3 N–H and O–H groups in total. The van der Waals surface area contributed by atoms with Crippen LogP contribution in [0, 0.1) is 5.92 Å². The number of sulfonamides is 1. The number of rotatable bonds is 4. The fraction of sp³-hybridized carbons (Fsp3) is 0.625. The topological polar surface area (TPSA) is 72.2 Å². The molecule has 3 atom stereocenters. The lowest BCUT2D eigenvalue weighted by Crippen LogP contribution is -2.31. The summed E-state index contributed by atoms with van der Waals surface area (Å²) in [7, 11) is -3.60. The van der Waals surface area contributed by atoms with E-state index >= 15 is 0 Å². The Hall–Kier alpha value is -0.910. The van der Waals surface area contributed by atoms with E-state index in [4.69, 9.17) is 5.14 Å². The van der Waals surface area contributed by atoms with Crippen molar-refractivity contribution in [1.29, 1.82) is 0 Å². The first-order valence-electron chi connectivity index (χ1n) is 7.75. The Kier molecular flexibility index (Phi) is 5.41. The summed E-state index contributed by atoms with van der Waals surface area (Å²) >= 11 is 0. The number of hydrogen-bond acceptors (Lipinski definition) is 3. The monoisotopic (exact) mass is 310 g/mol. The SMILES string of the molecule is CC1CCCC(NC(C)c2ccc(S(N)(=O)=O)cc2)CC1. The van der Waals surface area contributed by atoms with Crippen molar-refractivity contribution in [2.24, 2.45) is 11.1 Å². The molecule has 0 aliphatic heterocycles. The third-order valence-electron chi connectivity index (χ3n) is 4.45. The molecule has 3 unspecified atom stereocenters. The van der Waals surface area contributed by atoms with Crippen molar-refractivity contribution >= 4 is 10.0 Å². The summed E-state index contributed by atoms with van der Waals surface area (Å²) < 4.78 is 22.5. The van der Waals surface area contributed by atoms with Gasteiger partial charge in [0.15, 0.2) is 0 Å². The molecule has 0 heterocycles. The first-order chi connectivity index (χ1) is 9.86. The van der Waals surface area contributed by atoms with Crippen molar-refractivity contribution in [2.75, 3.05) is 0 Å². The quantitative estimate of drug-likeness (QED) is 0.840. The number of nitrogens with two attached hydrogens (primary N) is 1. The molecular formula is C16H26N2O2S. The zero-order chi connectivity index (χ0) is 15.5. The summed E-state index contributed by atoms with van der Waals surface area (Å²) in [6.07, 6.45) is 6.35. The largest absolute Gasteiger partial charge is 0.307 e. The molecule has 0 aromatic heterocycles. The van der Waals surface area contributed by atoms with Gasteiger partial charge in [0.2, 0.25) is 10.0 Å². The minimum atomic E-state index is -3.60. The molecule has 1 aromatic carbocycles. The van der Waals surface area contributed by atoms with Crippen molar-refractivity contribution < 1.29 is 8.42 Å². The summed E-state index contributed by atoms with van der Waals surface area (Å²) in [6.45, 7) is 4.46. The van der Waals surface area contributed by atoms with Gasteiger partial charge in [-0.2, -0.15) is 0 Å². The molecule has 4 nitrogen and oxygen atoms in total. The molecule has 0 bridgehead atoms. The van der Waals surface area contributed by atoms with Crippen LogP contribution in [0.4, 0.5) is 0 Å². The van der Waals surface area contributed by atoms with Crippen LogP contribution in [0.2, 0.25) is 0 Å². The molecule has 118 valence electrons. The molecule has 1 aromatic rings. The number of hydrogen-bond donors (Lipinski definition) is 2. The van der Waals surface area contributed by atoms with Gasteiger partial charge < -0.3 is 5.32 Å². The van der Waals surface area contributed by atoms with Gasteiger partial charge in [0, 0.05) is 12.1 Å². The van der Waals surface area contributed by atoms with Crippen LogP contribution < -0.4 is 10.5 Å². The van der Waals surface area contributed by atoms with Crippen LogP contribution in [0.3, 0.4) is 0 Å². The van der Waals surface area contributed by atoms with E-state index in [1.165, 1.54) is 32.1 Å². The molecular weight excluding hydrogens is 284 g/mol. The number of nitrogens with one attached hydrogen (secondary N) is 1. The fourth-order valence-electron chi connectivity index (χ4n) is 3.05. The molecule has 1 aliphatic rings. The van der Waals surface area contributed by atoms with Crippen LogP contribution in [-0.4, -0.2) is 14.5 Å². The highest BCUT2D eigenvalue weighted by atomic mass is 32.2. The summed E-state index contributed by atoms with van der Waals surface area (Å²) in [5.74, 6) is 0.834. The van der Waals surface area contributed by atoms with Crippen molar-refractivity contribution in [3.05, 3.63) is 29.8 Å². The van der Waals surface area contributed by atoms with Gasteiger partial charge in [0.05, 0.1) is 4.90 Å². The van der Waals surface area contributed by atoms with Crippen LogP contribution in [0.15, 0.2) is 29.2 Å². The summed E-state index contributed by atoms with van der Waals surface area (Å²) in [4.78, 5) is 0.168. The molecule has 0 saturated heterocycles. The maximum absolute atomic E-state index is 11.3. The Bertz CT molecular complexity index is 554. The highest BCUT2D eigenvalue weighted by Gasteiger charge is 2.18. The average molecular weight is 310 g/mol. The summed E-state index contributed by atoms with van der Waals surface area (Å²) in [5, 5.41) is 8.79. The first-order valence-corrected chi connectivity index (χ1v) is 9.29. The van der Waals surface area contributed by atoms with Crippen molar-refractivity contribution in [1.82, 2.24) is 5.32 Å². The van der Waals surface area contributed by atoms with E-state index in [2.05, 4.69) is 19.2 Å². The Labute approximate surface area is 128 Å². The van der Waals surface area contributed by atoms with Gasteiger partial charge in [0.1, 0.15) is 0 Å². The predicted octanol–water partition coefficient (Wildman–Crippen LogP) is 2.95. The van der Waals surface area contributed by atoms with Crippen LogP contribution >= 0.6 is 0 Å². The minimum Gasteiger partial charge on any atom is -0.307 e. The van der Waals surface area contributed by atoms with Gasteiger partial charge in [-0.25, -0.2) is 13.6 Å². The normalized spacial score (nSPS) is 25.3. The van der Waals surface area contributed by atoms with E-state index in [1.807, 2.05) is 12.1 Å². The zero-order valence-electron chi connectivity index (χ0n) is 12.9. The standard InChI is InChI=1S/C16H26N2O2S/c1-12-4-3-5-15(9-6-12)18-13(2)14-7-10-16(11-8-14)21(17,19)20/h7-8,10-13,15,18H,3-6,9H2,1-2H3,(H2,17,19,20). The zero-order valence-corrected chi connectivity index (χ0v) is 13.7. The minimum absolute atomic E-state index is 0.168. The third-order valence-corrected chi connectivity index (χ3v) is 5.38. The Morgan fingerprint density at radius 1 is 1.14 bits per heavy atom. The molecule has 1 fully saturated rings. The lowest BCUT2D eigenvalue weighted by molar-refractivity contribution is 0.408. The van der Waals surface area contributed by atoms with Crippen LogP contribution in [0.1, 0.15) is 57.6 Å². The highest BCUT2D eigenvalue weighted by Crippen LogP contribution is 2.25. The molecule has 0 spiro atoms. The number of primary sulfonamides is 1. The van der Waals surface area contributed by atoms with E-state index < -0.39 is 10.0 Å². The Morgan fingerprint density at radius 2 is 1.81 bits per heavy atom. The van der Waals surface area contributed by atoms with E-state index in [9.17, 15) is 8.42 Å². The maximum Gasteiger partial charge on any atom is 0.238 e. The van der Waals surface area contributed by atoms with E-state index in [0.29, 0.717) is 6.04 Å². The molecule has 0 radical (unpaired) electrons. The van der Waals surface area contributed by atoms with E-state index in [1.54, 1.807) is 12.1 Å². The van der Waals surface area contributed by atoms with Gasteiger partial charge in [-0.3, -0.25) is 0 Å². The molecule has 1 aliphatic carbocycles. The molecule has 2 rings (SSSR count). The average Bonchev–Trinajstić information content (AvgIpc) is 2.63. The van der Waals surface area contributed by atoms with E-state index in [0.717, 1.165) is 11.5 Å². The van der Waals surface area contributed by atoms with Crippen LogP contribution in [0.25, 0.3) is 0 Å². The van der Waals surface area contributed by atoms with Gasteiger partial charge in [0.25, 0.3) is 0 Å². The summed E-state index contributed by atoms with van der Waals surface area (Å²) in [6, 6.07) is 7.63. The van der Waals surface area contributed by atoms with Crippen molar-refractivity contribution in [3.63, 3.8) is 0 Å². The van der Waals surface area contributed by atoms with Crippen molar-refractivity contribution in [3.8, 4) is 0 Å². The first kappa shape index (κ1) is 16.5. The smallest absolute Gasteiger partial charge is 0.238 e. The Balaban J connectivity index is 1.98. The van der Waals surface area contributed by atoms with Gasteiger partial charge in [-0.1, -0.05) is 31.9 Å². The highest BCUT2D eigenvalue weighted by molar-refractivity contribution is 7.89. The van der Waals surface area contributed by atoms with Gasteiger partial charge >= 0.3 is 0 Å². The fourth-order valence-corrected chi connectivity index (χ4v) is 3.57. The number of benzene rings is 1.